The average Bonchev–Trinajstić information content (AvgIpc) is 2.28. The number of hydrogen-bond acceptors (Lipinski definition) is 1. The lowest BCUT2D eigenvalue weighted by molar-refractivity contribution is -0.130. The van der Waals surface area contributed by atoms with Crippen molar-refractivity contribution in [2.45, 2.75) is 32.2 Å². The maximum absolute atomic E-state index is 13.6. The Kier molecular flexibility index (Phi) is 2.95. The van der Waals surface area contributed by atoms with Crippen LogP contribution < -0.4 is 0 Å². The standard InChI is InChI=1S/C13H16FNO/c1-9(16)15(2)13-8-4-5-10-11(13)6-3-7-12(10)14/h3,6-7,13H,4-5,8H2,1-2H3/t13-/m0/s1. The molecule has 0 N–H and O–H groups in total. The first-order chi connectivity index (χ1) is 7.61. The van der Waals surface area contributed by atoms with Crippen LogP contribution in [0.25, 0.3) is 0 Å². The molecule has 0 bridgehead atoms. The van der Waals surface area contributed by atoms with Crippen LogP contribution in [0.2, 0.25) is 0 Å². The molecule has 0 fully saturated rings. The highest BCUT2D eigenvalue weighted by Gasteiger charge is 2.26. The van der Waals surface area contributed by atoms with Gasteiger partial charge in [0.2, 0.25) is 5.91 Å². The van der Waals surface area contributed by atoms with Gasteiger partial charge < -0.3 is 4.90 Å². The maximum Gasteiger partial charge on any atom is 0.219 e. The molecule has 1 aromatic carbocycles. The Balaban J connectivity index is 2.40. The molecule has 0 unspecified atom stereocenters. The summed E-state index contributed by atoms with van der Waals surface area (Å²) >= 11 is 0. The maximum atomic E-state index is 13.6. The lowest BCUT2D eigenvalue weighted by Gasteiger charge is -2.32. The van der Waals surface area contributed by atoms with Gasteiger partial charge in [0.15, 0.2) is 0 Å². The molecule has 0 spiro atoms. The summed E-state index contributed by atoms with van der Waals surface area (Å²) in [6, 6.07) is 5.19. The predicted molar refractivity (Wildman–Crippen MR) is 60.5 cm³/mol. The highest BCUT2D eigenvalue weighted by molar-refractivity contribution is 5.73. The number of rotatable bonds is 1. The molecule has 1 aromatic rings. The Morgan fingerprint density at radius 3 is 2.94 bits per heavy atom. The molecule has 0 saturated heterocycles. The molecule has 2 rings (SSSR count). The second-order valence-corrected chi connectivity index (χ2v) is 4.35. The molecular formula is C13H16FNO. The van der Waals surface area contributed by atoms with Crippen LogP contribution in [0.5, 0.6) is 0 Å². The molecule has 86 valence electrons. The van der Waals surface area contributed by atoms with Gasteiger partial charge in [0.1, 0.15) is 5.82 Å². The minimum absolute atomic E-state index is 0.0297. The number of amides is 1. The van der Waals surface area contributed by atoms with Crippen LogP contribution in [0, 0.1) is 5.82 Å². The Bertz CT molecular complexity index is 416. The second kappa shape index (κ2) is 4.24. The van der Waals surface area contributed by atoms with Gasteiger partial charge in [-0.1, -0.05) is 12.1 Å². The molecule has 1 aliphatic rings. The molecular weight excluding hydrogens is 205 g/mol. The van der Waals surface area contributed by atoms with Gasteiger partial charge >= 0.3 is 0 Å². The summed E-state index contributed by atoms with van der Waals surface area (Å²) in [4.78, 5) is 13.1. The predicted octanol–water partition coefficient (Wildman–Crippen LogP) is 2.68. The van der Waals surface area contributed by atoms with Crippen LogP contribution in [0.3, 0.4) is 0 Å². The highest BCUT2D eigenvalue weighted by Crippen LogP contribution is 2.34. The van der Waals surface area contributed by atoms with E-state index in [1.165, 1.54) is 6.07 Å². The van der Waals surface area contributed by atoms with E-state index in [9.17, 15) is 9.18 Å². The fraction of sp³-hybridized carbons (Fsp3) is 0.462. The number of benzene rings is 1. The van der Waals surface area contributed by atoms with Crippen molar-refractivity contribution in [3.05, 3.63) is 35.1 Å². The molecule has 0 heterocycles. The lowest BCUT2D eigenvalue weighted by Crippen LogP contribution is -2.31. The molecule has 1 amide bonds. The Morgan fingerprint density at radius 2 is 2.25 bits per heavy atom. The van der Waals surface area contributed by atoms with Crippen molar-refractivity contribution in [3.8, 4) is 0 Å². The van der Waals surface area contributed by atoms with E-state index < -0.39 is 0 Å². The third kappa shape index (κ3) is 1.82. The van der Waals surface area contributed by atoms with E-state index in [-0.39, 0.29) is 17.8 Å². The highest BCUT2D eigenvalue weighted by atomic mass is 19.1. The van der Waals surface area contributed by atoms with E-state index in [4.69, 9.17) is 0 Å². The number of carbonyl (C=O) groups is 1. The van der Waals surface area contributed by atoms with E-state index in [1.54, 1.807) is 24.9 Å². The van der Waals surface area contributed by atoms with E-state index in [1.807, 2.05) is 6.07 Å². The molecule has 0 saturated carbocycles. The number of carbonyl (C=O) groups excluding carboxylic acids is 1. The molecule has 1 atom stereocenters. The monoisotopic (exact) mass is 221 g/mol. The quantitative estimate of drug-likeness (QED) is 0.714. The average molecular weight is 221 g/mol. The smallest absolute Gasteiger partial charge is 0.219 e. The van der Waals surface area contributed by atoms with E-state index in [0.717, 1.165) is 30.4 Å². The van der Waals surface area contributed by atoms with Crippen LogP contribution in [-0.2, 0) is 11.2 Å². The zero-order valence-corrected chi connectivity index (χ0v) is 9.66. The number of halogens is 1. The summed E-state index contributed by atoms with van der Waals surface area (Å²) in [5.74, 6) is -0.110. The van der Waals surface area contributed by atoms with Gasteiger partial charge in [-0.2, -0.15) is 0 Å². The Labute approximate surface area is 95.1 Å². The number of nitrogens with zero attached hydrogens (tertiary/aromatic N) is 1. The van der Waals surface area contributed by atoms with Gasteiger partial charge in [-0.05, 0) is 36.5 Å². The Hall–Kier alpha value is -1.38. The first-order valence-corrected chi connectivity index (χ1v) is 5.62. The summed E-state index contributed by atoms with van der Waals surface area (Å²) in [7, 11) is 1.78. The molecule has 1 aliphatic carbocycles. The molecule has 16 heavy (non-hydrogen) atoms. The summed E-state index contributed by atoms with van der Waals surface area (Å²) in [6.45, 7) is 1.55. The minimum Gasteiger partial charge on any atom is -0.339 e. The zero-order valence-electron chi connectivity index (χ0n) is 9.66. The number of fused-ring (bicyclic) bond motifs is 1. The lowest BCUT2D eigenvalue weighted by atomic mass is 9.86. The first kappa shape index (κ1) is 11.1. The fourth-order valence-electron chi connectivity index (χ4n) is 2.40. The van der Waals surface area contributed by atoms with Crippen LogP contribution in [-0.4, -0.2) is 17.9 Å². The van der Waals surface area contributed by atoms with Crippen LogP contribution >= 0.6 is 0 Å². The third-order valence-corrected chi connectivity index (χ3v) is 3.38. The molecule has 3 heteroatoms. The summed E-state index contributed by atoms with van der Waals surface area (Å²) in [6.07, 6.45) is 2.65. The van der Waals surface area contributed by atoms with Gasteiger partial charge in [0.05, 0.1) is 6.04 Å². The zero-order chi connectivity index (χ0) is 11.7. The SMILES string of the molecule is CC(=O)N(C)[C@H]1CCCc2c(F)cccc21. The van der Waals surface area contributed by atoms with Crippen molar-refractivity contribution in [1.82, 2.24) is 4.90 Å². The van der Waals surface area contributed by atoms with Crippen molar-refractivity contribution in [3.63, 3.8) is 0 Å². The molecule has 2 nitrogen and oxygen atoms in total. The van der Waals surface area contributed by atoms with Crippen LogP contribution in [0.15, 0.2) is 18.2 Å². The van der Waals surface area contributed by atoms with E-state index in [2.05, 4.69) is 0 Å². The number of hydrogen-bond donors (Lipinski definition) is 0. The van der Waals surface area contributed by atoms with Gasteiger partial charge in [-0.15, -0.1) is 0 Å². The van der Waals surface area contributed by atoms with Crippen molar-refractivity contribution in [2.24, 2.45) is 0 Å². The topological polar surface area (TPSA) is 20.3 Å². The summed E-state index contributed by atoms with van der Waals surface area (Å²) in [5.41, 5.74) is 1.76. The van der Waals surface area contributed by atoms with Crippen LogP contribution in [0.4, 0.5) is 4.39 Å². The van der Waals surface area contributed by atoms with Crippen molar-refractivity contribution in [1.29, 1.82) is 0 Å². The minimum atomic E-state index is -0.140. The Morgan fingerprint density at radius 1 is 1.50 bits per heavy atom. The first-order valence-electron chi connectivity index (χ1n) is 5.62. The summed E-state index contributed by atoms with van der Waals surface area (Å²) in [5, 5.41) is 0. The largest absolute Gasteiger partial charge is 0.339 e. The molecule has 0 radical (unpaired) electrons. The van der Waals surface area contributed by atoms with E-state index in [0.29, 0.717) is 0 Å². The van der Waals surface area contributed by atoms with Crippen molar-refractivity contribution < 1.29 is 9.18 Å². The third-order valence-electron chi connectivity index (χ3n) is 3.38. The van der Waals surface area contributed by atoms with Crippen LogP contribution in [0.1, 0.15) is 36.9 Å². The van der Waals surface area contributed by atoms with Gasteiger partial charge in [0, 0.05) is 14.0 Å². The summed E-state index contributed by atoms with van der Waals surface area (Å²) < 4.78 is 13.6. The van der Waals surface area contributed by atoms with Crippen molar-refractivity contribution >= 4 is 5.91 Å². The molecule has 0 aromatic heterocycles. The van der Waals surface area contributed by atoms with Gasteiger partial charge in [0.25, 0.3) is 0 Å². The van der Waals surface area contributed by atoms with Gasteiger partial charge in [-0.25, -0.2) is 4.39 Å². The normalized spacial score (nSPS) is 19.1. The second-order valence-electron chi connectivity index (χ2n) is 4.35. The fourth-order valence-corrected chi connectivity index (χ4v) is 2.40. The van der Waals surface area contributed by atoms with Crippen molar-refractivity contribution in [2.75, 3.05) is 7.05 Å². The van der Waals surface area contributed by atoms with Gasteiger partial charge in [-0.3, -0.25) is 4.79 Å². The molecule has 0 aliphatic heterocycles. The van der Waals surface area contributed by atoms with E-state index >= 15 is 0 Å².